The van der Waals surface area contributed by atoms with Crippen molar-refractivity contribution in [3.63, 3.8) is 0 Å². The van der Waals surface area contributed by atoms with E-state index in [9.17, 15) is 18.0 Å². The number of carbonyl (C=O) groups is 1. The van der Waals surface area contributed by atoms with E-state index < -0.39 is 17.6 Å². The van der Waals surface area contributed by atoms with Gasteiger partial charge in [-0.05, 0) is 36.4 Å². The highest BCUT2D eigenvalue weighted by Crippen LogP contribution is 2.35. The molecule has 0 fully saturated rings. The van der Waals surface area contributed by atoms with Gasteiger partial charge in [-0.15, -0.1) is 11.3 Å². The molecular formula is C19H15F3N2O3S. The summed E-state index contributed by atoms with van der Waals surface area (Å²) in [5, 5.41) is 4.65. The minimum atomic E-state index is -4.45. The van der Waals surface area contributed by atoms with Crippen molar-refractivity contribution in [3.8, 4) is 22.8 Å². The number of ether oxygens (including phenoxy) is 2. The summed E-state index contributed by atoms with van der Waals surface area (Å²) >= 11 is 1.19. The number of hydrogen-bond acceptors (Lipinski definition) is 5. The van der Waals surface area contributed by atoms with Crippen LogP contribution in [0.2, 0.25) is 0 Å². The van der Waals surface area contributed by atoms with E-state index in [-0.39, 0.29) is 5.56 Å². The molecule has 1 aromatic heterocycles. The van der Waals surface area contributed by atoms with Crippen molar-refractivity contribution >= 4 is 22.4 Å². The Balaban J connectivity index is 1.77. The molecule has 5 nitrogen and oxygen atoms in total. The molecule has 3 aromatic rings. The van der Waals surface area contributed by atoms with Gasteiger partial charge in [0.15, 0.2) is 5.13 Å². The van der Waals surface area contributed by atoms with Crippen molar-refractivity contribution in [2.24, 2.45) is 0 Å². The van der Waals surface area contributed by atoms with E-state index in [4.69, 9.17) is 9.47 Å². The van der Waals surface area contributed by atoms with Crippen LogP contribution >= 0.6 is 11.3 Å². The van der Waals surface area contributed by atoms with Crippen LogP contribution in [-0.2, 0) is 6.18 Å². The highest BCUT2D eigenvalue weighted by Gasteiger charge is 2.30. The van der Waals surface area contributed by atoms with Gasteiger partial charge in [0.2, 0.25) is 0 Å². The quantitative estimate of drug-likeness (QED) is 0.638. The third-order valence-electron chi connectivity index (χ3n) is 3.88. The fraction of sp³-hybridized carbons (Fsp3) is 0.158. The molecule has 0 aliphatic rings. The fourth-order valence-corrected chi connectivity index (χ4v) is 3.15. The Bertz CT molecular complexity index is 985. The van der Waals surface area contributed by atoms with E-state index in [1.165, 1.54) is 18.4 Å². The molecule has 0 spiro atoms. The summed E-state index contributed by atoms with van der Waals surface area (Å²) in [7, 11) is 3.07. The van der Waals surface area contributed by atoms with Crippen LogP contribution in [0, 0.1) is 0 Å². The van der Waals surface area contributed by atoms with Crippen molar-refractivity contribution in [1.29, 1.82) is 0 Å². The van der Waals surface area contributed by atoms with E-state index in [0.717, 1.165) is 29.8 Å². The second-order valence-electron chi connectivity index (χ2n) is 5.63. The number of benzene rings is 2. The molecule has 0 aliphatic heterocycles. The maximum Gasteiger partial charge on any atom is 0.416 e. The zero-order valence-electron chi connectivity index (χ0n) is 14.8. The number of halogens is 3. The number of alkyl halides is 3. The van der Waals surface area contributed by atoms with Crippen molar-refractivity contribution in [1.82, 2.24) is 4.98 Å². The molecular weight excluding hydrogens is 393 g/mol. The SMILES string of the molecule is COc1ccc(-c2csc(NC(=O)c3ccc(C(F)(F)F)cc3)n2)c(OC)c1. The van der Waals surface area contributed by atoms with Gasteiger partial charge in [-0.3, -0.25) is 10.1 Å². The van der Waals surface area contributed by atoms with E-state index in [2.05, 4.69) is 10.3 Å². The Kier molecular flexibility index (Phi) is 5.55. The Morgan fingerprint density at radius 1 is 1.07 bits per heavy atom. The highest BCUT2D eigenvalue weighted by atomic mass is 32.1. The van der Waals surface area contributed by atoms with Crippen LogP contribution in [-0.4, -0.2) is 25.1 Å². The first-order chi connectivity index (χ1) is 13.3. The average molecular weight is 408 g/mol. The van der Waals surface area contributed by atoms with E-state index in [1.54, 1.807) is 30.7 Å². The lowest BCUT2D eigenvalue weighted by Crippen LogP contribution is -2.12. The Labute approximate surface area is 162 Å². The topological polar surface area (TPSA) is 60.5 Å². The number of amides is 1. The van der Waals surface area contributed by atoms with Crippen LogP contribution in [0.25, 0.3) is 11.3 Å². The molecule has 0 unspecified atom stereocenters. The number of nitrogens with zero attached hydrogens (tertiary/aromatic N) is 1. The van der Waals surface area contributed by atoms with Crippen molar-refractivity contribution in [2.45, 2.75) is 6.18 Å². The fourth-order valence-electron chi connectivity index (χ4n) is 2.44. The van der Waals surface area contributed by atoms with Gasteiger partial charge < -0.3 is 9.47 Å². The number of hydrogen-bond donors (Lipinski definition) is 1. The predicted octanol–water partition coefficient (Wildman–Crippen LogP) is 5.10. The maximum atomic E-state index is 12.6. The van der Waals surface area contributed by atoms with Crippen molar-refractivity contribution in [3.05, 3.63) is 59.0 Å². The predicted molar refractivity (Wildman–Crippen MR) is 100 cm³/mol. The lowest BCUT2D eigenvalue weighted by Gasteiger charge is -2.08. The molecule has 9 heteroatoms. The van der Waals surface area contributed by atoms with Crippen LogP contribution in [0.5, 0.6) is 11.5 Å². The largest absolute Gasteiger partial charge is 0.497 e. The van der Waals surface area contributed by atoms with Gasteiger partial charge in [0.05, 0.1) is 25.5 Å². The van der Waals surface area contributed by atoms with Crippen LogP contribution in [0.15, 0.2) is 47.8 Å². The Morgan fingerprint density at radius 3 is 2.39 bits per heavy atom. The van der Waals surface area contributed by atoms with E-state index in [0.29, 0.717) is 22.3 Å². The smallest absolute Gasteiger partial charge is 0.416 e. The average Bonchev–Trinajstić information content (AvgIpc) is 3.15. The van der Waals surface area contributed by atoms with Gasteiger partial charge in [0.1, 0.15) is 11.5 Å². The number of anilines is 1. The van der Waals surface area contributed by atoms with E-state index >= 15 is 0 Å². The number of methoxy groups -OCH3 is 2. The highest BCUT2D eigenvalue weighted by molar-refractivity contribution is 7.14. The summed E-state index contributed by atoms with van der Waals surface area (Å²) in [5.74, 6) is 0.647. The summed E-state index contributed by atoms with van der Waals surface area (Å²) < 4.78 is 48.3. The first kappa shape index (κ1) is 19.7. The summed E-state index contributed by atoms with van der Waals surface area (Å²) in [5.41, 5.74) is 0.598. The molecule has 2 aromatic carbocycles. The van der Waals surface area contributed by atoms with Gasteiger partial charge >= 0.3 is 6.18 Å². The molecule has 0 atom stereocenters. The first-order valence-corrected chi connectivity index (χ1v) is 8.86. The molecule has 0 aliphatic carbocycles. The van der Waals surface area contributed by atoms with Gasteiger partial charge in [-0.25, -0.2) is 4.98 Å². The molecule has 0 saturated heterocycles. The van der Waals surface area contributed by atoms with Crippen molar-refractivity contribution in [2.75, 3.05) is 19.5 Å². The minimum Gasteiger partial charge on any atom is -0.497 e. The van der Waals surface area contributed by atoms with Crippen molar-refractivity contribution < 1.29 is 27.4 Å². The summed E-state index contributed by atoms with van der Waals surface area (Å²) in [4.78, 5) is 16.6. The summed E-state index contributed by atoms with van der Waals surface area (Å²) in [6, 6.07) is 9.24. The molecule has 1 N–H and O–H groups in total. The number of aromatic nitrogens is 1. The zero-order chi connectivity index (χ0) is 20.3. The van der Waals surface area contributed by atoms with E-state index in [1.807, 2.05) is 0 Å². The normalized spacial score (nSPS) is 11.2. The third-order valence-corrected chi connectivity index (χ3v) is 4.64. The van der Waals surface area contributed by atoms with Crippen LogP contribution in [0.3, 0.4) is 0 Å². The second kappa shape index (κ2) is 7.89. The minimum absolute atomic E-state index is 0.103. The summed E-state index contributed by atoms with van der Waals surface area (Å²) in [6.07, 6.45) is -4.45. The standard InChI is InChI=1S/C19H15F3N2O3S/c1-26-13-7-8-14(16(9-13)27-2)15-10-28-18(23-15)24-17(25)11-3-5-12(6-4-11)19(20,21)22/h3-10H,1-2H3,(H,23,24,25). The molecule has 146 valence electrons. The van der Waals surface area contributed by atoms with Gasteiger partial charge in [0, 0.05) is 22.6 Å². The van der Waals surface area contributed by atoms with Crippen LogP contribution < -0.4 is 14.8 Å². The van der Waals surface area contributed by atoms with Gasteiger partial charge in [-0.2, -0.15) is 13.2 Å². The number of carbonyl (C=O) groups excluding carboxylic acids is 1. The van der Waals surface area contributed by atoms with Crippen LogP contribution in [0.4, 0.5) is 18.3 Å². The number of rotatable bonds is 5. The summed E-state index contributed by atoms with van der Waals surface area (Å²) in [6.45, 7) is 0. The molecule has 1 amide bonds. The number of thiazole rings is 1. The Morgan fingerprint density at radius 2 is 1.79 bits per heavy atom. The molecule has 28 heavy (non-hydrogen) atoms. The third kappa shape index (κ3) is 4.25. The molecule has 1 heterocycles. The zero-order valence-corrected chi connectivity index (χ0v) is 15.6. The number of nitrogens with one attached hydrogen (secondary N) is 1. The molecule has 0 bridgehead atoms. The Hall–Kier alpha value is -3.07. The maximum absolute atomic E-state index is 12.6. The lowest BCUT2D eigenvalue weighted by atomic mass is 10.1. The first-order valence-electron chi connectivity index (χ1n) is 7.98. The van der Waals surface area contributed by atoms with Gasteiger partial charge in [-0.1, -0.05) is 0 Å². The molecule has 0 radical (unpaired) electrons. The molecule has 3 rings (SSSR count). The lowest BCUT2D eigenvalue weighted by molar-refractivity contribution is -0.137. The monoisotopic (exact) mass is 408 g/mol. The van der Waals surface area contributed by atoms with Gasteiger partial charge in [0.25, 0.3) is 5.91 Å². The van der Waals surface area contributed by atoms with Crippen LogP contribution in [0.1, 0.15) is 15.9 Å². The second-order valence-corrected chi connectivity index (χ2v) is 6.49. The molecule has 0 saturated carbocycles.